The van der Waals surface area contributed by atoms with Crippen LogP contribution < -0.4 is 5.32 Å². The van der Waals surface area contributed by atoms with Crippen molar-refractivity contribution in [2.75, 3.05) is 33.9 Å². The lowest BCUT2D eigenvalue weighted by atomic mass is 10.3. The van der Waals surface area contributed by atoms with E-state index < -0.39 is 0 Å². The monoisotopic (exact) mass is 413 g/mol. The van der Waals surface area contributed by atoms with Gasteiger partial charge in [0.1, 0.15) is 10.7 Å². The van der Waals surface area contributed by atoms with Gasteiger partial charge >= 0.3 is 0 Å². The first-order valence-electron chi connectivity index (χ1n) is 9.15. The maximum atomic E-state index is 12.6. The number of hydrogen-bond acceptors (Lipinski definition) is 6. The standard InChI is InChI=1S/C20H23N5O3S/c1-24(13-18(26)21-9-6-10-28-2)20(27)17-14-29-19(23-17)15-11-22-25(12-15)16-7-4-3-5-8-16/h3-5,7-8,11-12,14H,6,9-10,13H2,1-2H3,(H,21,26). The number of likely N-dealkylation sites (N-methyl/N-ethyl adjacent to an activating group) is 1. The minimum Gasteiger partial charge on any atom is -0.385 e. The second kappa shape index (κ2) is 9.94. The second-order valence-electron chi connectivity index (χ2n) is 6.40. The zero-order chi connectivity index (χ0) is 20.6. The van der Waals surface area contributed by atoms with Crippen LogP contribution in [-0.2, 0) is 9.53 Å². The average Bonchev–Trinajstić information content (AvgIpc) is 3.41. The van der Waals surface area contributed by atoms with Gasteiger partial charge in [0.05, 0.1) is 18.4 Å². The molecule has 0 unspecified atom stereocenters. The third-order valence-corrected chi connectivity index (χ3v) is 5.04. The number of carbonyl (C=O) groups is 2. The van der Waals surface area contributed by atoms with E-state index >= 15 is 0 Å². The van der Waals surface area contributed by atoms with Crippen molar-refractivity contribution in [1.82, 2.24) is 25.0 Å². The number of nitrogens with zero attached hydrogens (tertiary/aromatic N) is 4. The quantitative estimate of drug-likeness (QED) is 0.544. The van der Waals surface area contributed by atoms with Crippen LogP contribution in [0.15, 0.2) is 48.1 Å². The number of carbonyl (C=O) groups excluding carboxylic acids is 2. The predicted molar refractivity (Wildman–Crippen MR) is 111 cm³/mol. The maximum Gasteiger partial charge on any atom is 0.273 e. The molecule has 29 heavy (non-hydrogen) atoms. The van der Waals surface area contributed by atoms with Crippen molar-refractivity contribution in [2.45, 2.75) is 6.42 Å². The van der Waals surface area contributed by atoms with Gasteiger partial charge in [0.15, 0.2) is 0 Å². The van der Waals surface area contributed by atoms with Crippen LogP contribution >= 0.6 is 11.3 Å². The molecule has 0 aliphatic carbocycles. The summed E-state index contributed by atoms with van der Waals surface area (Å²) in [6.07, 6.45) is 4.32. The predicted octanol–water partition coefficient (Wildman–Crippen LogP) is 2.22. The van der Waals surface area contributed by atoms with E-state index in [-0.39, 0.29) is 18.4 Å². The fourth-order valence-corrected chi connectivity index (χ4v) is 3.41. The van der Waals surface area contributed by atoms with Gasteiger partial charge in [-0.1, -0.05) is 18.2 Å². The normalized spacial score (nSPS) is 10.7. The Morgan fingerprint density at radius 3 is 2.83 bits per heavy atom. The summed E-state index contributed by atoms with van der Waals surface area (Å²) in [5.41, 5.74) is 2.09. The van der Waals surface area contributed by atoms with Gasteiger partial charge in [-0.2, -0.15) is 5.10 Å². The molecule has 2 heterocycles. The molecule has 2 aromatic heterocycles. The van der Waals surface area contributed by atoms with Crippen molar-refractivity contribution in [3.8, 4) is 16.3 Å². The molecule has 9 heteroatoms. The van der Waals surface area contributed by atoms with Gasteiger partial charge in [-0.15, -0.1) is 11.3 Å². The highest BCUT2D eigenvalue weighted by atomic mass is 32.1. The van der Waals surface area contributed by atoms with E-state index in [0.29, 0.717) is 23.9 Å². The molecule has 2 amide bonds. The summed E-state index contributed by atoms with van der Waals surface area (Å²) < 4.78 is 6.70. The molecular formula is C20H23N5O3S. The Morgan fingerprint density at radius 2 is 2.07 bits per heavy atom. The number of thiazole rings is 1. The molecular weight excluding hydrogens is 390 g/mol. The van der Waals surface area contributed by atoms with Crippen LogP contribution in [0.4, 0.5) is 0 Å². The highest BCUT2D eigenvalue weighted by Crippen LogP contribution is 2.24. The molecule has 152 valence electrons. The van der Waals surface area contributed by atoms with E-state index in [2.05, 4.69) is 15.4 Å². The number of amides is 2. The summed E-state index contributed by atoms with van der Waals surface area (Å²) in [5.74, 6) is -0.508. The first-order chi connectivity index (χ1) is 14.1. The summed E-state index contributed by atoms with van der Waals surface area (Å²) in [4.78, 5) is 30.3. The van der Waals surface area contributed by atoms with Crippen LogP contribution in [0.3, 0.4) is 0 Å². The number of benzene rings is 1. The molecule has 0 atom stereocenters. The summed E-state index contributed by atoms with van der Waals surface area (Å²) in [6, 6.07) is 9.76. The van der Waals surface area contributed by atoms with Crippen molar-refractivity contribution in [3.63, 3.8) is 0 Å². The molecule has 0 bridgehead atoms. The largest absolute Gasteiger partial charge is 0.385 e. The SMILES string of the molecule is COCCCNC(=O)CN(C)C(=O)c1csc(-c2cnn(-c3ccccc3)c2)n1. The van der Waals surface area contributed by atoms with Gasteiger partial charge in [0.25, 0.3) is 5.91 Å². The zero-order valence-corrected chi connectivity index (χ0v) is 17.2. The topological polar surface area (TPSA) is 89.4 Å². The number of hydrogen-bond donors (Lipinski definition) is 1. The maximum absolute atomic E-state index is 12.6. The van der Waals surface area contributed by atoms with Gasteiger partial charge in [0.2, 0.25) is 5.91 Å². The van der Waals surface area contributed by atoms with E-state index in [1.807, 2.05) is 36.5 Å². The van der Waals surface area contributed by atoms with Gasteiger partial charge in [-0.3, -0.25) is 9.59 Å². The van der Waals surface area contributed by atoms with Crippen LogP contribution in [0.5, 0.6) is 0 Å². The Kier molecular flexibility index (Phi) is 7.09. The lowest BCUT2D eigenvalue weighted by molar-refractivity contribution is -0.121. The van der Waals surface area contributed by atoms with Gasteiger partial charge in [-0.25, -0.2) is 9.67 Å². The van der Waals surface area contributed by atoms with Crippen LogP contribution in [0.2, 0.25) is 0 Å². The summed E-state index contributed by atoms with van der Waals surface area (Å²) in [5, 5.41) is 9.52. The van der Waals surface area contributed by atoms with Crippen molar-refractivity contribution in [3.05, 3.63) is 53.8 Å². The lowest BCUT2D eigenvalue weighted by Gasteiger charge is -2.15. The van der Waals surface area contributed by atoms with Crippen LogP contribution in [0.1, 0.15) is 16.9 Å². The third-order valence-electron chi connectivity index (χ3n) is 4.15. The molecule has 0 aliphatic rings. The first kappa shape index (κ1) is 20.7. The van der Waals surface area contributed by atoms with Crippen molar-refractivity contribution in [2.24, 2.45) is 0 Å². The van der Waals surface area contributed by atoms with E-state index in [0.717, 1.165) is 17.7 Å². The molecule has 0 saturated carbocycles. The summed E-state index contributed by atoms with van der Waals surface area (Å²) in [7, 11) is 3.20. The second-order valence-corrected chi connectivity index (χ2v) is 7.26. The van der Waals surface area contributed by atoms with Crippen LogP contribution in [-0.4, -0.2) is 65.3 Å². The zero-order valence-electron chi connectivity index (χ0n) is 16.4. The molecule has 8 nitrogen and oxygen atoms in total. The van der Waals surface area contributed by atoms with E-state index in [9.17, 15) is 9.59 Å². The minimum absolute atomic E-state index is 0.0232. The molecule has 0 radical (unpaired) electrons. The molecule has 1 N–H and O–H groups in total. The Bertz CT molecular complexity index is 954. The van der Waals surface area contributed by atoms with Gasteiger partial charge in [-0.05, 0) is 18.6 Å². The van der Waals surface area contributed by atoms with E-state index in [4.69, 9.17) is 4.74 Å². The number of methoxy groups -OCH3 is 1. The highest BCUT2D eigenvalue weighted by Gasteiger charge is 2.19. The summed E-state index contributed by atoms with van der Waals surface area (Å²) in [6.45, 7) is 1.07. The fourth-order valence-electron chi connectivity index (χ4n) is 2.64. The average molecular weight is 414 g/mol. The van der Waals surface area contributed by atoms with E-state index in [1.54, 1.807) is 30.4 Å². The molecule has 3 rings (SSSR count). The van der Waals surface area contributed by atoms with Crippen LogP contribution in [0, 0.1) is 0 Å². The smallest absolute Gasteiger partial charge is 0.273 e. The minimum atomic E-state index is -0.296. The lowest BCUT2D eigenvalue weighted by Crippen LogP contribution is -2.38. The Morgan fingerprint density at radius 1 is 1.28 bits per heavy atom. The summed E-state index contributed by atoms with van der Waals surface area (Å²) >= 11 is 1.37. The molecule has 0 aliphatic heterocycles. The van der Waals surface area contributed by atoms with Gasteiger partial charge in [0, 0.05) is 44.4 Å². The van der Waals surface area contributed by atoms with Crippen molar-refractivity contribution >= 4 is 23.2 Å². The Hall–Kier alpha value is -3.04. The number of para-hydroxylation sites is 1. The number of nitrogens with one attached hydrogen (secondary N) is 1. The molecule has 0 saturated heterocycles. The van der Waals surface area contributed by atoms with Crippen molar-refractivity contribution in [1.29, 1.82) is 0 Å². The number of rotatable bonds is 9. The van der Waals surface area contributed by atoms with E-state index in [1.165, 1.54) is 16.2 Å². The fraction of sp³-hybridized carbons (Fsp3) is 0.300. The Balaban J connectivity index is 1.60. The number of ether oxygens (including phenoxy) is 1. The highest BCUT2D eigenvalue weighted by molar-refractivity contribution is 7.13. The first-order valence-corrected chi connectivity index (χ1v) is 10.0. The molecule has 0 spiro atoms. The Labute approximate surface area is 173 Å². The van der Waals surface area contributed by atoms with Crippen LogP contribution in [0.25, 0.3) is 16.3 Å². The molecule has 1 aromatic carbocycles. The third kappa shape index (κ3) is 5.49. The van der Waals surface area contributed by atoms with Crippen molar-refractivity contribution < 1.29 is 14.3 Å². The number of aromatic nitrogens is 3. The molecule has 3 aromatic rings. The molecule has 0 fully saturated rings. The van der Waals surface area contributed by atoms with Gasteiger partial charge < -0.3 is 15.0 Å².